The van der Waals surface area contributed by atoms with Crippen molar-refractivity contribution in [2.45, 2.75) is 46.6 Å². The minimum absolute atomic E-state index is 0.0242. The number of hydrogen-bond acceptors (Lipinski definition) is 7. The summed E-state index contributed by atoms with van der Waals surface area (Å²) in [5, 5.41) is 6.67. The van der Waals surface area contributed by atoms with Gasteiger partial charge >= 0.3 is 0 Å². The number of nitrogens with zero attached hydrogens (tertiary/aromatic N) is 3. The van der Waals surface area contributed by atoms with Gasteiger partial charge in [0, 0.05) is 17.0 Å². The number of benzene rings is 2. The lowest BCUT2D eigenvalue weighted by molar-refractivity contribution is 0.0953. The van der Waals surface area contributed by atoms with E-state index in [-0.39, 0.29) is 29.7 Å². The van der Waals surface area contributed by atoms with Crippen LogP contribution in [0.2, 0.25) is 0 Å². The normalized spacial score (nSPS) is 11.3. The average molecular weight is 634 g/mol. The molecule has 0 unspecified atom stereocenters. The van der Waals surface area contributed by atoms with Gasteiger partial charge in [0.2, 0.25) is 0 Å². The lowest BCUT2D eigenvalue weighted by Crippen LogP contribution is -2.21. The number of nitrogens with two attached hydrogens (primary N) is 1. The fraction of sp³-hybridized carbons (Fsp3) is 0.242. The van der Waals surface area contributed by atoms with Crippen molar-refractivity contribution in [3.8, 4) is 21.9 Å². The maximum atomic E-state index is 13.7. The van der Waals surface area contributed by atoms with Crippen LogP contribution in [0.4, 0.5) is 13.2 Å². The van der Waals surface area contributed by atoms with Crippen molar-refractivity contribution in [2.24, 2.45) is 11.7 Å². The van der Waals surface area contributed by atoms with Crippen LogP contribution >= 0.6 is 11.3 Å². The second-order valence-electron chi connectivity index (χ2n) is 11.0. The van der Waals surface area contributed by atoms with Crippen LogP contribution in [0.1, 0.15) is 62.2 Å². The van der Waals surface area contributed by atoms with E-state index in [1.807, 2.05) is 13.8 Å². The average Bonchev–Trinajstić information content (AvgIpc) is 3.66. The molecule has 8 nitrogen and oxygen atoms in total. The number of aryl methyl sites for hydroxylation is 3. The summed E-state index contributed by atoms with van der Waals surface area (Å²) in [6.07, 6.45) is 1.35. The summed E-state index contributed by atoms with van der Waals surface area (Å²) in [5.74, 6) is -2.83. The highest BCUT2D eigenvalue weighted by molar-refractivity contribution is 7.17. The highest BCUT2D eigenvalue weighted by atomic mass is 32.1. The topological polar surface area (TPSA) is 124 Å². The first-order chi connectivity index (χ1) is 21.5. The van der Waals surface area contributed by atoms with E-state index >= 15 is 0 Å². The standard InChI is InChI=1S/C33H30F3N5O3S/c1-17(2)14-25-28(31(37)42)30(26-12-13-27(45-26)32(43)38-16-20-6-10-22(35)23(36)15-20)29(33-39-18(3)41-44-33)24(40-25)11-7-19-4-8-21(34)9-5-19/h4-6,8-10,12-13,15,17H,7,11,14,16H2,1-3H3,(H2,37,42)(H,38,43). The second kappa shape index (κ2) is 13.4. The lowest BCUT2D eigenvalue weighted by atomic mass is 9.91. The highest BCUT2D eigenvalue weighted by Crippen LogP contribution is 2.41. The van der Waals surface area contributed by atoms with Gasteiger partial charge in [0.15, 0.2) is 17.5 Å². The molecule has 0 saturated heterocycles. The van der Waals surface area contributed by atoms with Gasteiger partial charge < -0.3 is 15.6 Å². The van der Waals surface area contributed by atoms with Crippen LogP contribution in [-0.2, 0) is 25.8 Å². The molecule has 3 heterocycles. The molecule has 2 amide bonds. The molecule has 0 aliphatic heterocycles. The number of pyridine rings is 1. The molecule has 0 fully saturated rings. The third kappa shape index (κ3) is 7.28. The molecule has 0 aliphatic carbocycles. The summed E-state index contributed by atoms with van der Waals surface area (Å²) in [5.41, 5.74) is 9.39. The lowest BCUT2D eigenvalue weighted by Gasteiger charge is -2.19. The van der Waals surface area contributed by atoms with Gasteiger partial charge in [-0.1, -0.05) is 37.2 Å². The van der Waals surface area contributed by atoms with Crippen LogP contribution in [0.5, 0.6) is 0 Å². The van der Waals surface area contributed by atoms with Gasteiger partial charge in [-0.15, -0.1) is 11.3 Å². The monoisotopic (exact) mass is 633 g/mol. The number of thiophene rings is 1. The van der Waals surface area contributed by atoms with Crippen LogP contribution in [0.15, 0.2) is 59.1 Å². The van der Waals surface area contributed by atoms with Crippen molar-refractivity contribution >= 4 is 23.2 Å². The van der Waals surface area contributed by atoms with Crippen molar-refractivity contribution in [1.29, 1.82) is 0 Å². The summed E-state index contributed by atoms with van der Waals surface area (Å²) in [4.78, 5) is 36.5. The van der Waals surface area contributed by atoms with Crippen LogP contribution in [0.3, 0.4) is 0 Å². The predicted molar refractivity (Wildman–Crippen MR) is 164 cm³/mol. The number of aromatic nitrogens is 3. The summed E-state index contributed by atoms with van der Waals surface area (Å²) in [6, 6.07) is 12.9. The Balaban J connectivity index is 1.60. The number of halogens is 3. The Morgan fingerprint density at radius 1 is 0.911 bits per heavy atom. The molecular weight excluding hydrogens is 603 g/mol. The number of carbonyl (C=O) groups is 2. The van der Waals surface area contributed by atoms with E-state index < -0.39 is 23.4 Å². The van der Waals surface area contributed by atoms with Crippen LogP contribution < -0.4 is 11.1 Å². The maximum Gasteiger partial charge on any atom is 0.261 e. The second-order valence-corrected chi connectivity index (χ2v) is 12.0. The van der Waals surface area contributed by atoms with E-state index in [0.29, 0.717) is 62.9 Å². The summed E-state index contributed by atoms with van der Waals surface area (Å²) < 4.78 is 46.1. The van der Waals surface area contributed by atoms with Gasteiger partial charge in [-0.3, -0.25) is 14.6 Å². The fourth-order valence-corrected chi connectivity index (χ4v) is 5.95. The zero-order valence-electron chi connectivity index (χ0n) is 24.8. The Labute approximate surface area is 261 Å². The number of hydrogen-bond donors (Lipinski definition) is 2. The number of rotatable bonds is 11. The third-order valence-electron chi connectivity index (χ3n) is 7.01. The zero-order chi connectivity index (χ0) is 32.2. The number of primary amides is 1. The molecule has 232 valence electrons. The Bertz CT molecular complexity index is 1870. The molecule has 2 aromatic carbocycles. The SMILES string of the molecule is Cc1noc(-c2c(CCc3ccc(F)cc3)nc(CC(C)C)c(C(N)=O)c2-c2ccc(C(=O)NCc3ccc(F)c(F)c3)s2)n1. The van der Waals surface area contributed by atoms with Crippen molar-refractivity contribution in [2.75, 3.05) is 0 Å². The summed E-state index contributed by atoms with van der Waals surface area (Å²) >= 11 is 1.12. The molecule has 0 atom stereocenters. The minimum atomic E-state index is -1.01. The summed E-state index contributed by atoms with van der Waals surface area (Å²) in [7, 11) is 0. The Morgan fingerprint density at radius 3 is 2.29 bits per heavy atom. The molecule has 0 spiro atoms. The molecule has 12 heteroatoms. The molecule has 45 heavy (non-hydrogen) atoms. The van der Waals surface area contributed by atoms with Crippen molar-refractivity contribution in [3.05, 3.63) is 111 Å². The van der Waals surface area contributed by atoms with E-state index in [0.717, 1.165) is 29.0 Å². The first-order valence-electron chi connectivity index (χ1n) is 14.2. The molecule has 0 aliphatic rings. The van der Waals surface area contributed by atoms with E-state index in [4.69, 9.17) is 15.2 Å². The maximum absolute atomic E-state index is 13.7. The Hall–Kier alpha value is -4.84. The van der Waals surface area contributed by atoms with E-state index in [1.165, 1.54) is 18.2 Å². The van der Waals surface area contributed by atoms with Crippen LogP contribution in [0.25, 0.3) is 21.9 Å². The van der Waals surface area contributed by atoms with Crippen molar-refractivity contribution in [1.82, 2.24) is 20.4 Å². The van der Waals surface area contributed by atoms with Crippen LogP contribution in [0, 0.1) is 30.3 Å². The van der Waals surface area contributed by atoms with Gasteiger partial charge in [0.05, 0.1) is 27.4 Å². The number of nitrogens with one attached hydrogen (secondary N) is 1. The molecule has 3 N–H and O–H groups in total. The quantitative estimate of drug-likeness (QED) is 0.169. The van der Waals surface area contributed by atoms with Crippen molar-refractivity contribution < 1.29 is 27.3 Å². The van der Waals surface area contributed by atoms with Gasteiger partial charge in [0.1, 0.15) is 5.82 Å². The molecule has 5 aromatic rings. The smallest absolute Gasteiger partial charge is 0.261 e. The molecular formula is C33H30F3N5O3S. The molecule has 3 aromatic heterocycles. The molecule has 0 radical (unpaired) electrons. The number of amides is 2. The van der Waals surface area contributed by atoms with Crippen LogP contribution in [-0.4, -0.2) is 26.9 Å². The Kier molecular flexibility index (Phi) is 9.43. The molecule has 0 bridgehead atoms. The van der Waals surface area contributed by atoms with Gasteiger partial charge in [-0.25, -0.2) is 13.2 Å². The molecule has 5 rings (SSSR count). The highest BCUT2D eigenvalue weighted by Gasteiger charge is 2.29. The molecule has 0 saturated carbocycles. The van der Waals surface area contributed by atoms with E-state index in [2.05, 4.69) is 15.5 Å². The predicted octanol–water partition coefficient (Wildman–Crippen LogP) is 6.60. The fourth-order valence-electron chi connectivity index (χ4n) is 4.97. The summed E-state index contributed by atoms with van der Waals surface area (Å²) in [6.45, 7) is 5.64. The van der Waals surface area contributed by atoms with Gasteiger partial charge in [-0.05, 0) is 79.6 Å². The Morgan fingerprint density at radius 2 is 1.64 bits per heavy atom. The zero-order valence-corrected chi connectivity index (χ0v) is 25.6. The van der Waals surface area contributed by atoms with Gasteiger partial charge in [-0.2, -0.15) is 4.98 Å². The third-order valence-corrected chi connectivity index (χ3v) is 8.12. The minimum Gasteiger partial charge on any atom is -0.366 e. The van der Waals surface area contributed by atoms with Crippen molar-refractivity contribution in [3.63, 3.8) is 0 Å². The largest absolute Gasteiger partial charge is 0.366 e. The first kappa shape index (κ1) is 31.6. The van der Waals surface area contributed by atoms with E-state index in [9.17, 15) is 22.8 Å². The van der Waals surface area contributed by atoms with Gasteiger partial charge in [0.25, 0.3) is 17.7 Å². The van der Waals surface area contributed by atoms with E-state index in [1.54, 1.807) is 31.2 Å². The first-order valence-corrected chi connectivity index (χ1v) is 15.0. The number of carbonyl (C=O) groups excluding carboxylic acids is 2.